The fourth-order valence-electron chi connectivity index (χ4n) is 1.35. The van der Waals surface area contributed by atoms with Gasteiger partial charge in [-0.25, -0.2) is 0 Å². The van der Waals surface area contributed by atoms with Crippen LogP contribution in [0.4, 0.5) is 0 Å². The standard InChI is InChI=1S/C14H19NO3/c1-14(2,15)7-6-11-12(17-4)8-10(16-3)9-13(11)18-5/h8-9H,15H2,1-5H3. The maximum atomic E-state index is 5.84. The fourth-order valence-corrected chi connectivity index (χ4v) is 1.35. The Balaban J connectivity index is 3.35. The number of rotatable bonds is 3. The Morgan fingerprint density at radius 2 is 1.50 bits per heavy atom. The first-order chi connectivity index (χ1) is 8.41. The van der Waals surface area contributed by atoms with Gasteiger partial charge in [0.2, 0.25) is 0 Å². The van der Waals surface area contributed by atoms with Crippen LogP contribution in [-0.2, 0) is 0 Å². The highest BCUT2D eigenvalue weighted by Crippen LogP contribution is 2.33. The topological polar surface area (TPSA) is 53.7 Å². The van der Waals surface area contributed by atoms with Crippen molar-refractivity contribution in [3.63, 3.8) is 0 Å². The van der Waals surface area contributed by atoms with Crippen molar-refractivity contribution in [1.29, 1.82) is 0 Å². The van der Waals surface area contributed by atoms with Crippen LogP contribution in [0.3, 0.4) is 0 Å². The van der Waals surface area contributed by atoms with Crippen molar-refractivity contribution in [3.05, 3.63) is 17.7 Å². The number of ether oxygens (including phenoxy) is 3. The summed E-state index contributed by atoms with van der Waals surface area (Å²) in [5.41, 5.74) is 5.94. The van der Waals surface area contributed by atoms with Gasteiger partial charge in [-0.05, 0) is 13.8 Å². The van der Waals surface area contributed by atoms with E-state index in [-0.39, 0.29) is 0 Å². The number of methoxy groups -OCH3 is 3. The van der Waals surface area contributed by atoms with Gasteiger partial charge in [0.15, 0.2) is 0 Å². The first kappa shape index (κ1) is 14.2. The molecule has 18 heavy (non-hydrogen) atoms. The minimum absolute atomic E-state index is 0.573. The van der Waals surface area contributed by atoms with Crippen molar-refractivity contribution >= 4 is 0 Å². The predicted molar refractivity (Wildman–Crippen MR) is 71.2 cm³/mol. The van der Waals surface area contributed by atoms with E-state index in [9.17, 15) is 0 Å². The van der Waals surface area contributed by atoms with E-state index in [4.69, 9.17) is 19.9 Å². The Kier molecular flexibility index (Phi) is 4.46. The van der Waals surface area contributed by atoms with Gasteiger partial charge in [0.25, 0.3) is 0 Å². The second-order valence-electron chi connectivity index (χ2n) is 4.38. The molecule has 0 aromatic heterocycles. The first-order valence-electron chi connectivity index (χ1n) is 5.53. The molecule has 0 aliphatic heterocycles. The lowest BCUT2D eigenvalue weighted by Gasteiger charge is -2.12. The van der Waals surface area contributed by atoms with E-state index in [1.165, 1.54) is 0 Å². The van der Waals surface area contributed by atoms with Gasteiger partial charge in [0.1, 0.15) is 22.8 Å². The largest absolute Gasteiger partial charge is 0.496 e. The molecule has 0 radical (unpaired) electrons. The average Bonchev–Trinajstić information content (AvgIpc) is 2.34. The summed E-state index contributed by atoms with van der Waals surface area (Å²) in [6.07, 6.45) is 0. The normalized spacial score (nSPS) is 10.3. The van der Waals surface area contributed by atoms with Crippen LogP contribution in [0, 0.1) is 11.8 Å². The van der Waals surface area contributed by atoms with Crippen molar-refractivity contribution in [2.75, 3.05) is 21.3 Å². The van der Waals surface area contributed by atoms with Gasteiger partial charge in [-0.2, -0.15) is 0 Å². The molecule has 0 bridgehead atoms. The van der Waals surface area contributed by atoms with Crippen LogP contribution >= 0.6 is 0 Å². The Morgan fingerprint density at radius 1 is 1.00 bits per heavy atom. The average molecular weight is 249 g/mol. The third-order valence-corrected chi connectivity index (χ3v) is 2.22. The summed E-state index contributed by atoms with van der Waals surface area (Å²) >= 11 is 0. The molecule has 2 N–H and O–H groups in total. The molecule has 0 aliphatic carbocycles. The number of nitrogens with two attached hydrogens (primary N) is 1. The number of hydrogen-bond donors (Lipinski definition) is 1. The third kappa shape index (κ3) is 3.57. The van der Waals surface area contributed by atoms with Gasteiger partial charge in [0, 0.05) is 12.1 Å². The van der Waals surface area contributed by atoms with E-state index in [0.717, 1.165) is 0 Å². The molecule has 4 heteroatoms. The van der Waals surface area contributed by atoms with Gasteiger partial charge < -0.3 is 19.9 Å². The smallest absolute Gasteiger partial charge is 0.141 e. The van der Waals surface area contributed by atoms with Crippen LogP contribution in [0.15, 0.2) is 12.1 Å². The SMILES string of the molecule is COc1cc(OC)c(C#CC(C)(C)N)c(OC)c1. The zero-order chi connectivity index (χ0) is 13.8. The Morgan fingerprint density at radius 3 is 1.83 bits per heavy atom. The van der Waals surface area contributed by atoms with Gasteiger partial charge in [-0.15, -0.1) is 0 Å². The van der Waals surface area contributed by atoms with E-state index >= 15 is 0 Å². The molecule has 0 heterocycles. The van der Waals surface area contributed by atoms with Gasteiger partial charge in [-0.1, -0.05) is 11.8 Å². The summed E-state index contributed by atoms with van der Waals surface area (Å²) in [5, 5.41) is 0. The molecule has 1 aromatic rings. The molecule has 0 amide bonds. The summed E-state index contributed by atoms with van der Waals surface area (Å²) in [7, 11) is 4.74. The maximum Gasteiger partial charge on any atom is 0.141 e. The number of hydrogen-bond acceptors (Lipinski definition) is 4. The lowest BCUT2D eigenvalue weighted by Crippen LogP contribution is -2.29. The molecule has 1 aromatic carbocycles. The molecule has 4 nitrogen and oxygen atoms in total. The molecule has 0 saturated carbocycles. The highest BCUT2D eigenvalue weighted by molar-refractivity contribution is 5.59. The Bertz CT molecular complexity index is 453. The van der Waals surface area contributed by atoms with E-state index in [1.807, 2.05) is 13.8 Å². The molecular weight excluding hydrogens is 230 g/mol. The van der Waals surface area contributed by atoms with Crippen molar-refractivity contribution < 1.29 is 14.2 Å². The summed E-state index contributed by atoms with van der Waals surface area (Å²) in [6, 6.07) is 3.52. The molecule has 0 aliphatic rings. The van der Waals surface area contributed by atoms with Crippen molar-refractivity contribution in [2.24, 2.45) is 5.73 Å². The predicted octanol–water partition coefficient (Wildman–Crippen LogP) is 1.80. The highest BCUT2D eigenvalue weighted by atomic mass is 16.5. The van der Waals surface area contributed by atoms with Crippen LogP contribution in [0.25, 0.3) is 0 Å². The van der Waals surface area contributed by atoms with Crippen molar-refractivity contribution in [1.82, 2.24) is 0 Å². The quantitative estimate of drug-likeness (QED) is 0.830. The zero-order valence-electron chi connectivity index (χ0n) is 11.5. The van der Waals surface area contributed by atoms with Crippen LogP contribution in [0.1, 0.15) is 19.4 Å². The molecule has 0 fully saturated rings. The maximum absolute atomic E-state index is 5.84. The molecule has 0 saturated heterocycles. The van der Waals surface area contributed by atoms with Crippen LogP contribution in [-0.4, -0.2) is 26.9 Å². The Labute approximate surface area is 108 Å². The molecule has 1 rings (SSSR count). The van der Waals surface area contributed by atoms with Crippen LogP contribution in [0.2, 0.25) is 0 Å². The summed E-state index contributed by atoms with van der Waals surface area (Å²) in [6.45, 7) is 3.67. The lowest BCUT2D eigenvalue weighted by atomic mass is 10.1. The van der Waals surface area contributed by atoms with Gasteiger partial charge >= 0.3 is 0 Å². The minimum Gasteiger partial charge on any atom is -0.496 e. The molecular formula is C14H19NO3. The number of benzene rings is 1. The van der Waals surface area contributed by atoms with E-state index in [1.54, 1.807) is 33.5 Å². The summed E-state index contributed by atoms with van der Waals surface area (Å²) in [5.74, 6) is 7.80. The molecule has 0 spiro atoms. The molecule has 0 atom stereocenters. The Hall–Kier alpha value is -1.86. The van der Waals surface area contributed by atoms with Crippen molar-refractivity contribution in [2.45, 2.75) is 19.4 Å². The van der Waals surface area contributed by atoms with E-state index < -0.39 is 5.54 Å². The second kappa shape index (κ2) is 5.65. The zero-order valence-corrected chi connectivity index (χ0v) is 11.5. The van der Waals surface area contributed by atoms with E-state index in [2.05, 4.69) is 11.8 Å². The summed E-state index contributed by atoms with van der Waals surface area (Å²) in [4.78, 5) is 0. The minimum atomic E-state index is -0.573. The fraction of sp³-hybridized carbons (Fsp3) is 0.429. The van der Waals surface area contributed by atoms with Gasteiger partial charge in [-0.3, -0.25) is 0 Å². The summed E-state index contributed by atoms with van der Waals surface area (Å²) < 4.78 is 15.8. The first-order valence-corrected chi connectivity index (χ1v) is 5.53. The van der Waals surface area contributed by atoms with Crippen molar-refractivity contribution in [3.8, 4) is 29.1 Å². The van der Waals surface area contributed by atoms with Crippen LogP contribution < -0.4 is 19.9 Å². The van der Waals surface area contributed by atoms with Crippen LogP contribution in [0.5, 0.6) is 17.2 Å². The molecule has 98 valence electrons. The second-order valence-corrected chi connectivity index (χ2v) is 4.38. The van der Waals surface area contributed by atoms with Gasteiger partial charge in [0.05, 0.1) is 26.9 Å². The highest BCUT2D eigenvalue weighted by Gasteiger charge is 2.12. The van der Waals surface area contributed by atoms with E-state index in [0.29, 0.717) is 22.8 Å². The molecule has 0 unspecified atom stereocenters. The monoisotopic (exact) mass is 249 g/mol. The third-order valence-electron chi connectivity index (χ3n) is 2.22. The lowest BCUT2D eigenvalue weighted by molar-refractivity contribution is 0.374.